The minimum Gasteiger partial charge on any atom is -0.376 e. The van der Waals surface area contributed by atoms with Crippen LogP contribution in [0, 0.1) is 5.92 Å². The largest absolute Gasteiger partial charge is 0.376 e. The van der Waals surface area contributed by atoms with Crippen molar-refractivity contribution >= 4 is 39.3 Å². The van der Waals surface area contributed by atoms with Crippen LogP contribution in [0.1, 0.15) is 53.3 Å². The van der Waals surface area contributed by atoms with Crippen molar-refractivity contribution in [2.24, 2.45) is 5.92 Å². The van der Waals surface area contributed by atoms with E-state index in [2.05, 4.69) is 17.0 Å². The molecule has 0 bridgehead atoms. The molecule has 2 aliphatic heterocycles. The molecule has 2 heterocycles. The van der Waals surface area contributed by atoms with E-state index in [0.717, 1.165) is 30.6 Å². The highest BCUT2D eigenvalue weighted by atomic mass is 32.2. The molecule has 2 aliphatic rings. The Bertz CT molecular complexity index is 1200. The van der Waals surface area contributed by atoms with E-state index in [1.165, 1.54) is 23.9 Å². The number of amides is 2. The van der Waals surface area contributed by atoms with Gasteiger partial charge in [0.1, 0.15) is 0 Å². The molecular formula is C26H33N3O5S2. The lowest BCUT2D eigenvalue weighted by Gasteiger charge is -2.30. The van der Waals surface area contributed by atoms with Gasteiger partial charge in [0.05, 0.1) is 27.8 Å². The summed E-state index contributed by atoms with van der Waals surface area (Å²) in [7, 11) is -4.06. The summed E-state index contributed by atoms with van der Waals surface area (Å²) in [6, 6.07) is 11.1. The molecule has 36 heavy (non-hydrogen) atoms. The van der Waals surface area contributed by atoms with Gasteiger partial charge in [-0.2, -0.15) is 0 Å². The number of hydrogen-bond acceptors (Lipinski definition) is 6. The zero-order valence-electron chi connectivity index (χ0n) is 20.7. The quantitative estimate of drug-likeness (QED) is 0.499. The lowest BCUT2D eigenvalue weighted by atomic mass is 9.98. The molecule has 0 aromatic heterocycles. The van der Waals surface area contributed by atoms with Gasteiger partial charge in [-0.05, 0) is 68.2 Å². The van der Waals surface area contributed by atoms with Crippen molar-refractivity contribution < 1.29 is 22.7 Å². The molecule has 2 N–H and O–H groups in total. The summed E-state index contributed by atoms with van der Waals surface area (Å²) in [4.78, 5) is 28.6. The lowest BCUT2D eigenvalue weighted by molar-refractivity contribution is 0.0693. The molecule has 194 valence electrons. The fourth-order valence-corrected chi connectivity index (χ4v) is 6.16. The Morgan fingerprint density at radius 3 is 2.53 bits per heavy atom. The number of carbonyl (C=O) groups excluding carboxylic acids is 2. The predicted molar refractivity (Wildman–Crippen MR) is 141 cm³/mol. The average Bonchev–Trinajstić information content (AvgIpc) is 3.41. The third-order valence-corrected chi connectivity index (χ3v) is 8.87. The number of anilines is 1. The number of carbonyl (C=O) groups is 2. The maximum atomic E-state index is 13.3. The first-order valence-corrected chi connectivity index (χ1v) is 15.0. The molecule has 8 nitrogen and oxygen atoms in total. The highest BCUT2D eigenvalue weighted by Gasteiger charge is 2.26. The molecule has 0 aliphatic carbocycles. The molecular weight excluding hydrogens is 498 g/mol. The smallest absolute Gasteiger partial charge is 0.261 e. The average molecular weight is 532 g/mol. The molecule has 0 unspecified atom stereocenters. The number of nitrogens with zero attached hydrogens (tertiary/aromatic N) is 1. The zero-order valence-corrected chi connectivity index (χ0v) is 22.3. The number of nitrogens with one attached hydrogen (secondary N) is 2. The number of likely N-dealkylation sites (tertiary alicyclic amines) is 1. The maximum absolute atomic E-state index is 13.3. The van der Waals surface area contributed by atoms with Gasteiger partial charge in [-0.3, -0.25) is 14.3 Å². The number of rotatable bonds is 8. The summed E-state index contributed by atoms with van der Waals surface area (Å²) in [5.41, 5.74) is 0.773. The van der Waals surface area contributed by atoms with Gasteiger partial charge in [-0.15, -0.1) is 11.8 Å². The number of para-hydroxylation sites is 1. The van der Waals surface area contributed by atoms with Crippen LogP contribution in [0.3, 0.4) is 0 Å². The Kier molecular flexibility index (Phi) is 8.58. The number of hydrogen-bond donors (Lipinski definition) is 2. The van der Waals surface area contributed by atoms with Gasteiger partial charge >= 0.3 is 0 Å². The van der Waals surface area contributed by atoms with Gasteiger partial charge in [0.25, 0.3) is 21.8 Å². The second kappa shape index (κ2) is 11.7. The molecule has 1 atom stereocenters. The molecule has 2 amide bonds. The fourth-order valence-electron chi connectivity index (χ4n) is 4.48. The predicted octanol–water partition coefficient (Wildman–Crippen LogP) is 3.99. The van der Waals surface area contributed by atoms with Crippen LogP contribution in [0.25, 0.3) is 0 Å². The molecule has 4 rings (SSSR count). The van der Waals surface area contributed by atoms with E-state index >= 15 is 0 Å². The first-order valence-electron chi connectivity index (χ1n) is 12.3. The van der Waals surface area contributed by atoms with Crippen LogP contribution in [0.2, 0.25) is 0 Å². The standard InChI is InChI=1S/C26H33N3O5S2/c1-18-11-13-29(14-12-18)26(31)22-16-20(9-10-24(22)35-2)36(32,33)28-23-8-4-3-7-21(23)25(30)27-17-19-6-5-15-34-19/h3-4,7-10,16,18-19,28H,5-6,11-15,17H2,1-2H3,(H,27,30)/t19-/m0/s1. The Labute approximate surface area is 217 Å². The van der Waals surface area contributed by atoms with Crippen LogP contribution in [-0.4, -0.2) is 63.7 Å². The highest BCUT2D eigenvalue weighted by molar-refractivity contribution is 7.98. The number of piperidine rings is 1. The summed E-state index contributed by atoms with van der Waals surface area (Å²) in [6.07, 6.45) is 5.57. The number of sulfonamides is 1. The van der Waals surface area contributed by atoms with E-state index in [-0.39, 0.29) is 34.1 Å². The molecule has 2 saturated heterocycles. The van der Waals surface area contributed by atoms with Gasteiger partial charge in [0.2, 0.25) is 0 Å². The number of benzene rings is 2. The summed E-state index contributed by atoms with van der Waals surface area (Å²) in [5.74, 6) is 0.0434. The Hall–Kier alpha value is -2.56. The molecule has 0 saturated carbocycles. The summed E-state index contributed by atoms with van der Waals surface area (Å²) >= 11 is 1.41. The van der Waals surface area contributed by atoms with Crippen LogP contribution >= 0.6 is 11.8 Å². The second-order valence-electron chi connectivity index (χ2n) is 9.33. The van der Waals surface area contributed by atoms with Gasteiger partial charge in [0.15, 0.2) is 0 Å². The number of thioether (sulfide) groups is 1. The Balaban J connectivity index is 1.54. The minimum absolute atomic E-state index is 0.0215. The fraction of sp³-hybridized carbons (Fsp3) is 0.462. The second-order valence-corrected chi connectivity index (χ2v) is 11.9. The highest BCUT2D eigenvalue weighted by Crippen LogP contribution is 2.28. The van der Waals surface area contributed by atoms with Crippen LogP contribution in [0.4, 0.5) is 5.69 Å². The van der Waals surface area contributed by atoms with Crippen LogP contribution < -0.4 is 10.0 Å². The van der Waals surface area contributed by atoms with E-state index in [0.29, 0.717) is 37.7 Å². The summed E-state index contributed by atoms with van der Waals surface area (Å²) in [5, 5.41) is 2.83. The molecule has 10 heteroatoms. The summed E-state index contributed by atoms with van der Waals surface area (Å²) in [6.45, 7) is 4.56. The normalized spacial score (nSPS) is 18.7. The van der Waals surface area contributed by atoms with E-state index in [1.54, 1.807) is 35.2 Å². The van der Waals surface area contributed by atoms with Crippen molar-refractivity contribution in [3.05, 3.63) is 53.6 Å². The van der Waals surface area contributed by atoms with Crippen LogP contribution in [0.5, 0.6) is 0 Å². The lowest BCUT2D eigenvalue weighted by Crippen LogP contribution is -2.38. The third kappa shape index (κ3) is 6.22. The van der Waals surface area contributed by atoms with Crippen molar-refractivity contribution in [2.75, 3.05) is 37.2 Å². The first kappa shape index (κ1) is 26.5. The van der Waals surface area contributed by atoms with E-state index in [1.807, 2.05) is 6.26 Å². The molecule has 2 aromatic rings. The van der Waals surface area contributed by atoms with Gasteiger partial charge in [0, 0.05) is 31.1 Å². The first-order chi connectivity index (χ1) is 17.3. The van der Waals surface area contributed by atoms with E-state index in [9.17, 15) is 18.0 Å². The van der Waals surface area contributed by atoms with Gasteiger partial charge in [-0.25, -0.2) is 8.42 Å². The van der Waals surface area contributed by atoms with E-state index in [4.69, 9.17) is 4.74 Å². The van der Waals surface area contributed by atoms with Crippen LogP contribution in [-0.2, 0) is 14.8 Å². The SMILES string of the molecule is CSc1ccc(S(=O)(=O)Nc2ccccc2C(=O)NC[C@@H]2CCCO2)cc1C(=O)N1CCC(C)CC1. The van der Waals surface area contributed by atoms with Crippen molar-refractivity contribution in [3.63, 3.8) is 0 Å². The Morgan fingerprint density at radius 1 is 1.08 bits per heavy atom. The minimum atomic E-state index is -4.06. The van der Waals surface area contributed by atoms with Crippen molar-refractivity contribution in [3.8, 4) is 0 Å². The van der Waals surface area contributed by atoms with Gasteiger partial charge in [-0.1, -0.05) is 19.1 Å². The van der Waals surface area contributed by atoms with Crippen molar-refractivity contribution in [1.29, 1.82) is 0 Å². The van der Waals surface area contributed by atoms with E-state index < -0.39 is 10.0 Å². The molecule has 2 aromatic carbocycles. The monoisotopic (exact) mass is 531 g/mol. The van der Waals surface area contributed by atoms with Crippen molar-refractivity contribution in [2.45, 2.75) is 48.5 Å². The topological polar surface area (TPSA) is 105 Å². The van der Waals surface area contributed by atoms with Gasteiger partial charge < -0.3 is 15.0 Å². The summed E-state index contributed by atoms with van der Waals surface area (Å²) < 4.78 is 34.8. The molecule has 0 spiro atoms. The van der Waals surface area contributed by atoms with Crippen molar-refractivity contribution in [1.82, 2.24) is 10.2 Å². The Morgan fingerprint density at radius 2 is 1.83 bits per heavy atom. The third-order valence-electron chi connectivity index (χ3n) is 6.71. The maximum Gasteiger partial charge on any atom is 0.261 e. The van der Waals surface area contributed by atoms with Crippen LogP contribution in [0.15, 0.2) is 52.3 Å². The molecule has 2 fully saturated rings. The zero-order chi connectivity index (χ0) is 25.7. The number of ether oxygens (including phenoxy) is 1. The molecule has 0 radical (unpaired) electrons.